The number of benzene rings is 1. The van der Waals surface area contributed by atoms with Crippen molar-refractivity contribution in [2.45, 2.75) is 110 Å². The number of aromatic nitrogens is 8. The first kappa shape index (κ1) is 31.3. The first-order valence-corrected chi connectivity index (χ1v) is 22.4. The van der Waals surface area contributed by atoms with Gasteiger partial charge in [0.15, 0.2) is 27.8 Å². The van der Waals surface area contributed by atoms with Gasteiger partial charge in [0.05, 0.1) is 29.4 Å². The topological polar surface area (TPSA) is 173 Å². The van der Waals surface area contributed by atoms with Gasteiger partial charge in [0.2, 0.25) is 17.8 Å². The van der Waals surface area contributed by atoms with E-state index in [0.717, 1.165) is 4.57 Å². The zero-order chi connectivity index (χ0) is 38.3. The number of hydrogen-bond acceptors (Lipinski definition) is 11. The smallest absolute Gasteiger partial charge is 0.280 e. The average Bonchev–Trinajstić information content (AvgIpc) is 3.67. The number of hydrogen-bond donors (Lipinski definition) is 3. The highest BCUT2D eigenvalue weighted by Gasteiger charge is 2.47. The molecule has 1 saturated heterocycles. The molecule has 1 aliphatic heterocycles. The Bertz CT molecular complexity index is 2220. The van der Waals surface area contributed by atoms with E-state index in [0.29, 0.717) is 40.8 Å². The number of rotatable bonds is 8. The Labute approximate surface area is 292 Å². The number of ether oxygens (including phenoxy) is 1. The molecule has 6 rings (SSSR count). The van der Waals surface area contributed by atoms with Crippen LogP contribution in [0.25, 0.3) is 33.2 Å². The molecule has 1 aliphatic rings. The molecular formula is C33H50N10O4Si2. The van der Waals surface area contributed by atoms with Crippen molar-refractivity contribution in [2.24, 2.45) is 6.98 Å². The predicted molar refractivity (Wildman–Crippen MR) is 198 cm³/mol. The van der Waals surface area contributed by atoms with E-state index in [1.54, 1.807) is 29.8 Å². The average molecular weight is 710 g/mol. The van der Waals surface area contributed by atoms with Gasteiger partial charge in [-0.2, -0.15) is 4.98 Å². The van der Waals surface area contributed by atoms with Crippen LogP contribution in [0.4, 0.5) is 17.8 Å². The van der Waals surface area contributed by atoms with Crippen LogP contribution in [0.3, 0.4) is 0 Å². The number of nitrogens with two attached hydrogens (primary N) is 1. The standard InChI is InChI=1S/C33H50N10O4Si2/c1-18-16-35-19-13-14-20-25(24(19)36-18)37-30(42(20)8)41-31-38-26-27(39-29(34)40-28(26)44)43(31)23-15-21(47-49(11,12)33(5,6)7)22(46-23)17-45-48(9,10)32(2,3)4/h13-14,16,21-23H,15,17H2,1-12H3,(H,37,38,41)(H3,34,39,40,44)/t21-,22+,23+/m0/s1/i8D3. The number of aryl methyl sites for hydroxylation is 2. The minimum Gasteiger partial charge on any atom is -0.414 e. The first-order chi connectivity index (χ1) is 23.9. The number of imidazole rings is 2. The second-order valence-corrected chi connectivity index (χ2v) is 25.6. The van der Waals surface area contributed by atoms with Gasteiger partial charge in [-0.15, -0.1) is 0 Å². The molecule has 0 saturated carbocycles. The third-order valence-corrected chi connectivity index (χ3v) is 19.4. The highest BCUT2D eigenvalue weighted by Crippen LogP contribution is 2.44. The quantitative estimate of drug-likeness (QED) is 0.155. The molecule has 49 heavy (non-hydrogen) atoms. The summed E-state index contributed by atoms with van der Waals surface area (Å²) in [5, 5.41) is 3.04. The van der Waals surface area contributed by atoms with Gasteiger partial charge in [-0.05, 0) is 55.3 Å². The maximum Gasteiger partial charge on any atom is 0.280 e. The van der Waals surface area contributed by atoms with Crippen molar-refractivity contribution in [1.82, 2.24) is 39.0 Å². The second-order valence-electron chi connectivity index (χ2n) is 16.0. The number of nitrogen functional groups attached to an aromatic ring is 1. The highest BCUT2D eigenvalue weighted by molar-refractivity contribution is 6.74. The molecule has 0 aliphatic carbocycles. The van der Waals surface area contributed by atoms with Gasteiger partial charge in [-0.3, -0.25) is 24.6 Å². The summed E-state index contributed by atoms with van der Waals surface area (Å²) in [6, 6.07) is 3.36. The molecule has 0 bridgehead atoms. The maximum absolute atomic E-state index is 13.2. The number of H-pyrrole nitrogens is 1. The van der Waals surface area contributed by atoms with Gasteiger partial charge in [-0.1, -0.05) is 41.5 Å². The van der Waals surface area contributed by atoms with Crippen molar-refractivity contribution in [2.75, 3.05) is 17.7 Å². The molecular weight excluding hydrogens is 657 g/mol. The Morgan fingerprint density at radius 3 is 2.39 bits per heavy atom. The van der Waals surface area contributed by atoms with Crippen LogP contribution in [0.1, 0.15) is 64.0 Å². The second kappa shape index (κ2) is 12.0. The van der Waals surface area contributed by atoms with Crippen LogP contribution >= 0.6 is 0 Å². The molecule has 5 heterocycles. The van der Waals surface area contributed by atoms with Gasteiger partial charge in [0, 0.05) is 23.7 Å². The number of aromatic amines is 1. The summed E-state index contributed by atoms with van der Waals surface area (Å²) in [7, 11) is -4.47. The van der Waals surface area contributed by atoms with Crippen LogP contribution in [0.15, 0.2) is 23.1 Å². The number of fused-ring (bicyclic) bond motifs is 4. The minimum absolute atomic E-state index is 0.00776. The molecule has 0 spiro atoms. The van der Waals surface area contributed by atoms with Crippen LogP contribution in [0.2, 0.25) is 36.3 Å². The third kappa shape index (κ3) is 6.40. The fourth-order valence-electron chi connectivity index (χ4n) is 5.44. The van der Waals surface area contributed by atoms with Crippen LogP contribution in [0.5, 0.6) is 0 Å². The molecule has 0 amide bonds. The molecule has 1 fully saturated rings. The van der Waals surface area contributed by atoms with Crippen molar-refractivity contribution < 1.29 is 17.7 Å². The lowest BCUT2D eigenvalue weighted by Crippen LogP contribution is -2.48. The number of nitrogens with zero attached hydrogens (tertiary/aromatic N) is 7. The van der Waals surface area contributed by atoms with Gasteiger partial charge in [-0.25, -0.2) is 15.0 Å². The van der Waals surface area contributed by atoms with Crippen molar-refractivity contribution in [3.63, 3.8) is 0 Å². The van der Waals surface area contributed by atoms with Crippen LogP contribution in [0, 0.1) is 6.92 Å². The first-order valence-electron chi connectivity index (χ1n) is 18.1. The minimum atomic E-state index is -2.66. The van der Waals surface area contributed by atoms with Crippen molar-refractivity contribution >= 4 is 67.7 Å². The maximum atomic E-state index is 13.2. The number of nitrogens with one attached hydrogen (secondary N) is 2. The zero-order valence-electron chi connectivity index (χ0n) is 33.2. The van der Waals surface area contributed by atoms with E-state index in [1.807, 2.05) is 0 Å². The zero-order valence-corrected chi connectivity index (χ0v) is 32.2. The summed E-state index contributed by atoms with van der Waals surface area (Å²) in [4.78, 5) is 38.7. The van der Waals surface area contributed by atoms with Crippen molar-refractivity contribution in [1.29, 1.82) is 0 Å². The summed E-state index contributed by atoms with van der Waals surface area (Å²) in [5.41, 5.74) is 8.00. The molecule has 4 N–H and O–H groups in total. The van der Waals surface area contributed by atoms with Crippen molar-refractivity contribution in [3.8, 4) is 0 Å². The van der Waals surface area contributed by atoms with E-state index in [2.05, 4.69) is 98.0 Å². The summed E-state index contributed by atoms with van der Waals surface area (Å²) in [6.45, 7) is 21.4. The molecule has 1 aromatic carbocycles. The lowest BCUT2D eigenvalue weighted by atomic mass is 10.2. The van der Waals surface area contributed by atoms with Gasteiger partial charge in [0.25, 0.3) is 5.56 Å². The predicted octanol–water partition coefficient (Wildman–Crippen LogP) is 6.28. The Morgan fingerprint density at radius 2 is 1.71 bits per heavy atom. The number of anilines is 3. The molecule has 4 aromatic heterocycles. The van der Waals surface area contributed by atoms with Crippen LogP contribution in [-0.2, 0) is 20.6 Å². The van der Waals surface area contributed by atoms with Crippen LogP contribution in [-0.4, -0.2) is 74.5 Å². The third-order valence-electron chi connectivity index (χ3n) is 10.4. The monoisotopic (exact) mass is 709 g/mol. The van der Waals surface area contributed by atoms with E-state index in [9.17, 15) is 4.79 Å². The van der Waals surface area contributed by atoms with Gasteiger partial charge < -0.3 is 23.9 Å². The normalized spacial score (nSPS) is 20.6. The molecule has 264 valence electrons. The van der Waals surface area contributed by atoms with E-state index in [-0.39, 0.29) is 45.2 Å². The molecule has 14 nitrogen and oxygen atoms in total. The Hall–Kier alpha value is -3.71. The van der Waals surface area contributed by atoms with E-state index in [4.69, 9.17) is 28.4 Å². The van der Waals surface area contributed by atoms with E-state index in [1.165, 1.54) is 0 Å². The van der Waals surface area contributed by atoms with Gasteiger partial charge >= 0.3 is 0 Å². The molecule has 16 heteroatoms. The lowest BCUT2D eigenvalue weighted by Gasteiger charge is -2.40. The van der Waals surface area contributed by atoms with E-state index < -0.39 is 41.5 Å². The van der Waals surface area contributed by atoms with Crippen molar-refractivity contribution in [3.05, 3.63) is 34.4 Å². The Kier molecular flexibility index (Phi) is 7.64. The summed E-state index contributed by atoms with van der Waals surface area (Å²) in [5.74, 6) is -0.0603. The van der Waals surface area contributed by atoms with Gasteiger partial charge in [0.1, 0.15) is 23.4 Å². The van der Waals surface area contributed by atoms with E-state index >= 15 is 0 Å². The largest absolute Gasteiger partial charge is 0.414 e. The summed E-state index contributed by atoms with van der Waals surface area (Å²) in [6.07, 6.45) is 0.449. The van der Waals surface area contributed by atoms with Crippen LogP contribution < -0.4 is 16.6 Å². The Morgan fingerprint density at radius 1 is 1.02 bits per heavy atom. The summed E-state index contributed by atoms with van der Waals surface area (Å²) >= 11 is 0. The molecule has 5 aromatic rings. The Balaban J connectivity index is 1.49. The molecule has 0 radical (unpaired) electrons. The summed E-state index contributed by atoms with van der Waals surface area (Å²) < 4.78 is 48.6. The lowest BCUT2D eigenvalue weighted by molar-refractivity contribution is -0.0376. The fraction of sp³-hybridized carbons (Fsp3) is 0.576. The highest BCUT2D eigenvalue weighted by atomic mass is 28.4. The molecule has 0 unspecified atom stereocenters. The fourth-order valence-corrected chi connectivity index (χ4v) is 7.81. The molecule has 3 atom stereocenters. The SMILES string of the molecule is [2H]C([2H])([2H])n1c(Nc2nc3c(=O)[nH]c(N)nc3n2[C@H]2C[C@H](O[Si](C)(C)C(C)(C)C)[C@@H](CO[Si](C)(C)C(C)(C)C)O2)nc2c3nc(C)cnc3ccc21.